The molecular weight excluding hydrogens is 356 g/mol. The van der Waals surface area contributed by atoms with Crippen LogP contribution in [0.5, 0.6) is 5.75 Å². The summed E-state index contributed by atoms with van der Waals surface area (Å²) in [6.45, 7) is 3.25. The van der Waals surface area contributed by atoms with Gasteiger partial charge in [-0.05, 0) is 37.6 Å². The molecule has 26 heavy (non-hydrogen) atoms. The zero-order valence-electron chi connectivity index (χ0n) is 14.6. The highest BCUT2D eigenvalue weighted by molar-refractivity contribution is 6.31. The van der Waals surface area contributed by atoms with E-state index in [0.717, 1.165) is 16.0 Å². The molecule has 1 aliphatic heterocycles. The van der Waals surface area contributed by atoms with Gasteiger partial charge in [0.25, 0.3) is 11.8 Å². The smallest absolute Gasteiger partial charge is 0.262 e. The number of anilines is 1. The summed E-state index contributed by atoms with van der Waals surface area (Å²) in [4.78, 5) is 38.2. The fourth-order valence-corrected chi connectivity index (χ4v) is 2.96. The van der Waals surface area contributed by atoms with Crippen LogP contribution in [0.3, 0.4) is 0 Å². The number of nitrogens with zero attached hydrogens (tertiary/aromatic N) is 1. The van der Waals surface area contributed by atoms with Crippen LogP contribution in [0.2, 0.25) is 5.02 Å². The van der Waals surface area contributed by atoms with E-state index in [1.807, 2.05) is 6.92 Å². The molecule has 0 spiro atoms. The normalized spacial score (nSPS) is 13.0. The van der Waals surface area contributed by atoms with Gasteiger partial charge in [0.15, 0.2) is 0 Å². The molecule has 1 N–H and O–H groups in total. The van der Waals surface area contributed by atoms with Gasteiger partial charge in [0, 0.05) is 11.1 Å². The average Bonchev–Trinajstić information content (AvgIpc) is 2.82. The van der Waals surface area contributed by atoms with Crippen LogP contribution in [-0.4, -0.2) is 36.3 Å². The van der Waals surface area contributed by atoms with Crippen molar-refractivity contribution >= 4 is 35.0 Å². The summed E-state index contributed by atoms with van der Waals surface area (Å²) in [6.07, 6.45) is 0. The standard InChI is InChI=1S/C19H17ClN2O4/c1-10-4-5-12-13(6-10)19(25)22(18(12)24)9-17(23)21-15-7-11(2)14(20)8-16(15)26-3/h4-8H,9H2,1-3H3,(H,21,23). The maximum Gasteiger partial charge on any atom is 0.262 e. The summed E-state index contributed by atoms with van der Waals surface area (Å²) in [7, 11) is 1.46. The first-order valence-corrected chi connectivity index (χ1v) is 8.30. The molecule has 0 unspecified atom stereocenters. The number of aryl methyl sites for hydroxylation is 2. The van der Waals surface area contributed by atoms with Gasteiger partial charge in [0.2, 0.25) is 5.91 Å². The van der Waals surface area contributed by atoms with Gasteiger partial charge < -0.3 is 10.1 Å². The van der Waals surface area contributed by atoms with Crippen LogP contribution >= 0.6 is 11.6 Å². The largest absolute Gasteiger partial charge is 0.495 e. The Bertz CT molecular complexity index is 939. The van der Waals surface area contributed by atoms with Gasteiger partial charge in [-0.25, -0.2) is 0 Å². The second kappa shape index (κ2) is 6.80. The monoisotopic (exact) mass is 372 g/mol. The summed E-state index contributed by atoms with van der Waals surface area (Å²) >= 11 is 6.05. The molecule has 0 fully saturated rings. The Labute approximate surface area is 155 Å². The lowest BCUT2D eigenvalue weighted by molar-refractivity contribution is -0.116. The molecule has 2 aromatic rings. The minimum absolute atomic E-state index is 0.313. The third kappa shape index (κ3) is 3.15. The number of ether oxygens (including phenoxy) is 1. The lowest BCUT2D eigenvalue weighted by Gasteiger charge is -2.16. The SMILES string of the molecule is COc1cc(Cl)c(C)cc1NC(=O)CN1C(=O)c2ccc(C)cc2C1=O. The zero-order chi connectivity index (χ0) is 19.0. The van der Waals surface area contributed by atoms with Crippen molar-refractivity contribution in [2.45, 2.75) is 13.8 Å². The highest BCUT2D eigenvalue weighted by atomic mass is 35.5. The Balaban J connectivity index is 1.79. The fraction of sp³-hybridized carbons (Fsp3) is 0.211. The molecule has 0 saturated carbocycles. The second-order valence-corrected chi connectivity index (χ2v) is 6.50. The van der Waals surface area contributed by atoms with Gasteiger partial charge in [0.1, 0.15) is 12.3 Å². The first-order valence-electron chi connectivity index (χ1n) is 7.92. The van der Waals surface area contributed by atoms with Crippen LogP contribution in [0.4, 0.5) is 5.69 Å². The number of fused-ring (bicyclic) bond motifs is 1. The average molecular weight is 373 g/mol. The zero-order valence-corrected chi connectivity index (χ0v) is 15.3. The van der Waals surface area contributed by atoms with E-state index < -0.39 is 17.7 Å². The number of amides is 3. The molecular formula is C19H17ClN2O4. The van der Waals surface area contributed by atoms with Crippen molar-refractivity contribution in [3.8, 4) is 5.75 Å². The van der Waals surface area contributed by atoms with Crippen LogP contribution in [-0.2, 0) is 4.79 Å². The van der Waals surface area contributed by atoms with Crippen molar-refractivity contribution < 1.29 is 19.1 Å². The van der Waals surface area contributed by atoms with Gasteiger partial charge in [-0.3, -0.25) is 19.3 Å². The minimum Gasteiger partial charge on any atom is -0.495 e. The van der Waals surface area contributed by atoms with E-state index in [2.05, 4.69) is 5.32 Å². The van der Waals surface area contributed by atoms with Crippen LogP contribution < -0.4 is 10.1 Å². The number of imide groups is 1. The summed E-state index contributed by atoms with van der Waals surface area (Å²) in [6, 6.07) is 8.28. The number of rotatable bonds is 4. The van der Waals surface area contributed by atoms with Crippen molar-refractivity contribution in [1.82, 2.24) is 4.90 Å². The molecule has 134 valence electrons. The highest BCUT2D eigenvalue weighted by Crippen LogP contribution is 2.31. The Morgan fingerprint density at radius 1 is 1.12 bits per heavy atom. The van der Waals surface area contributed by atoms with Crippen LogP contribution in [0.25, 0.3) is 0 Å². The van der Waals surface area contributed by atoms with E-state index >= 15 is 0 Å². The molecule has 0 atom stereocenters. The number of halogens is 1. The predicted octanol–water partition coefficient (Wildman–Crippen LogP) is 3.20. The number of benzene rings is 2. The predicted molar refractivity (Wildman–Crippen MR) is 97.9 cm³/mol. The Morgan fingerprint density at radius 3 is 2.50 bits per heavy atom. The lowest BCUT2D eigenvalue weighted by atomic mass is 10.1. The lowest BCUT2D eigenvalue weighted by Crippen LogP contribution is -2.37. The van der Waals surface area contributed by atoms with Crippen molar-refractivity contribution in [3.05, 3.63) is 57.6 Å². The number of carbonyl (C=O) groups is 3. The summed E-state index contributed by atoms with van der Waals surface area (Å²) < 4.78 is 5.21. The van der Waals surface area contributed by atoms with E-state index in [1.165, 1.54) is 7.11 Å². The topological polar surface area (TPSA) is 75.7 Å². The second-order valence-electron chi connectivity index (χ2n) is 6.10. The van der Waals surface area contributed by atoms with Crippen molar-refractivity contribution in [2.75, 3.05) is 19.0 Å². The van der Waals surface area contributed by atoms with Gasteiger partial charge in [-0.2, -0.15) is 0 Å². The third-order valence-electron chi connectivity index (χ3n) is 4.18. The number of hydrogen-bond acceptors (Lipinski definition) is 4. The van der Waals surface area contributed by atoms with Gasteiger partial charge >= 0.3 is 0 Å². The molecule has 1 aliphatic rings. The first-order chi connectivity index (χ1) is 12.3. The van der Waals surface area contributed by atoms with Gasteiger partial charge in [-0.15, -0.1) is 0 Å². The van der Waals surface area contributed by atoms with E-state index in [4.69, 9.17) is 16.3 Å². The Kier molecular flexibility index (Phi) is 4.70. The molecule has 0 aliphatic carbocycles. The Hall–Kier alpha value is -2.86. The van der Waals surface area contributed by atoms with E-state index in [9.17, 15) is 14.4 Å². The van der Waals surface area contributed by atoms with E-state index in [0.29, 0.717) is 27.6 Å². The molecule has 3 rings (SSSR count). The van der Waals surface area contributed by atoms with E-state index in [1.54, 1.807) is 37.3 Å². The number of methoxy groups -OCH3 is 1. The van der Waals surface area contributed by atoms with Gasteiger partial charge in [-0.1, -0.05) is 23.2 Å². The van der Waals surface area contributed by atoms with Gasteiger partial charge in [0.05, 0.1) is 23.9 Å². The molecule has 0 bridgehead atoms. The van der Waals surface area contributed by atoms with Crippen molar-refractivity contribution in [2.24, 2.45) is 0 Å². The third-order valence-corrected chi connectivity index (χ3v) is 4.59. The van der Waals surface area contributed by atoms with Crippen LogP contribution in [0.1, 0.15) is 31.8 Å². The van der Waals surface area contributed by atoms with Crippen molar-refractivity contribution in [1.29, 1.82) is 0 Å². The van der Waals surface area contributed by atoms with E-state index in [-0.39, 0.29) is 6.54 Å². The van der Waals surface area contributed by atoms with Crippen LogP contribution in [0.15, 0.2) is 30.3 Å². The first kappa shape index (κ1) is 17.9. The molecule has 6 nitrogen and oxygen atoms in total. The molecule has 0 aromatic heterocycles. The highest BCUT2D eigenvalue weighted by Gasteiger charge is 2.36. The quantitative estimate of drug-likeness (QED) is 0.836. The molecule has 0 saturated heterocycles. The fourth-order valence-electron chi connectivity index (χ4n) is 2.81. The molecule has 0 radical (unpaired) electrons. The maximum absolute atomic E-state index is 12.5. The molecule has 3 amide bonds. The number of nitrogens with one attached hydrogen (secondary N) is 1. The Morgan fingerprint density at radius 2 is 1.81 bits per heavy atom. The van der Waals surface area contributed by atoms with Crippen LogP contribution in [0, 0.1) is 13.8 Å². The molecule has 1 heterocycles. The summed E-state index contributed by atoms with van der Waals surface area (Å²) in [5, 5.41) is 3.18. The summed E-state index contributed by atoms with van der Waals surface area (Å²) in [5.41, 5.74) is 2.69. The maximum atomic E-state index is 12.5. The molecule has 7 heteroatoms. The summed E-state index contributed by atoms with van der Waals surface area (Å²) in [5.74, 6) is -1.05. The van der Waals surface area contributed by atoms with Crippen molar-refractivity contribution in [3.63, 3.8) is 0 Å². The minimum atomic E-state index is -0.503. The molecule has 2 aromatic carbocycles. The number of carbonyl (C=O) groups excluding carboxylic acids is 3. The number of hydrogen-bond donors (Lipinski definition) is 1.